The average molecular weight is 141 g/mol. The van der Waals surface area contributed by atoms with Gasteiger partial charge in [-0.2, -0.15) is 0 Å². The van der Waals surface area contributed by atoms with E-state index in [2.05, 4.69) is 19.2 Å². The van der Waals surface area contributed by atoms with Crippen LogP contribution in [0.4, 0.5) is 0 Å². The minimum atomic E-state index is 0.251. The van der Waals surface area contributed by atoms with E-state index < -0.39 is 0 Å². The van der Waals surface area contributed by atoms with Gasteiger partial charge in [-0.25, -0.2) is 0 Å². The van der Waals surface area contributed by atoms with E-state index in [0.29, 0.717) is 12.0 Å². The molecule has 1 aliphatic heterocycles. The summed E-state index contributed by atoms with van der Waals surface area (Å²) in [5.74, 6) is 0.570. The van der Waals surface area contributed by atoms with Gasteiger partial charge in [-0.15, -0.1) is 0 Å². The zero-order valence-electron chi connectivity index (χ0n) is 6.68. The van der Waals surface area contributed by atoms with Gasteiger partial charge >= 0.3 is 0 Å². The van der Waals surface area contributed by atoms with Crippen LogP contribution < -0.4 is 5.32 Å². The summed E-state index contributed by atoms with van der Waals surface area (Å²) in [5, 5.41) is 2.91. The van der Waals surface area contributed by atoms with Crippen LogP contribution in [0.25, 0.3) is 0 Å². The third kappa shape index (κ3) is 1.15. The Morgan fingerprint density at radius 2 is 2.20 bits per heavy atom. The van der Waals surface area contributed by atoms with Crippen molar-refractivity contribution < 1.29 is 4.79 Å². The molecule has 0 aromatic rings. The van der Waals surface area contributed by atoms with Crippen LogP contribution in [0.3, 0.4) is 0 Å². The Bertz CT molecular complexity index is 133. The van der Waals surface area contributed by atoms with Gasteiger partial charge < -0.3 is 5.32 Å². The van der Waals surface area contributed by atoms with Crippen LogP contribution in [0.1, 0.15) is 33.1 Å². The van der Waals surface area contributed by atoms with Crippen LogP contribution in [-0.4, -0.2) is 11.9 Å². The zero-order valence-corrected chi connectivity index (χ0v) is 6.68. The van der Waals surface area contributed by atoms with E-state index in [-0.39, 0.29) is 5.91 Å². The van der Waals surface area contributed by atoms with Crippen molar-refractivity contribution in [2.24, 2.45) is 5.92 Å². The van der Waals surface area contributed by atoms with E-state index in [9.17, 15) is 4.79 Å². The summed E-state index contributed by atoms with van der Waals surface area (Å²) in [4.78, 5) is 10.8. The van der Waals surface area contributed by atoms with Gasteiger partial charge in [0.1, 0.15) is 0 Å². The van der Waals surface area contributed by atoms with Gasteiger partial charge in [-0.3, -0.25) is 4.79 Å². The Morgan fingerprint density at radius 1 is 1.50 bits per heavy atom. The minimum absolute atomic E-state index is 0.251. The number of rotatable bonds is 3. The van der Waals surface area contributed by atoms with E-state index in [4.69, 9.17) is 0 Å². The maximum absolute atomic E-state index is 10.8. The van der Waals surface area contributed by atoms with Crippen LogP contribution >= 0.6 is 0 Å². The van der Waals surface area contributed by atoms with Gasteiger partial charge in [0, 0.05) is 6.04 Å². The highest BCUT2D eigenvalue weighted by Crippen LogP contribution is 2.21. The molecule has 2 unspecified atom stereocenters. The van der Waals surface area contributed by atoms with Gasteiger partial charge in [0.15, 0.2) is 0 Å². The third-order valence-electron chi connectivity index (χ3n) is 2.19. The van der Waals surface area contributed by atoms with Crippen LogP contribution in [0, 0.1) is 5.92 Å². The summed E-state index contributed by atoms with van der Waals surface area (Å²) in [5.41, 5.74) is 0. The Balaban J connectivity index is 2.30. The predicted octanol–water partition coefficient (Wildman–Crippen LogP) is 1.31. The number of hydrogen-bond acceptors (Lipinski definition) is 1. The molecule has 1 saturated heterocycles. The number of hydrogen-bond donors (Lipinski definition) is 1. The molecule has 0 spiro atoms. The summed E-state index contributed by atoms with van der Waals surface area (Å²) < 4.78 is 0. The van der Waals surface area contributed by atoms with Crippen molar-refractivity contribution in [3.05, 3.63) is 0 Å². The molecular weight excluding hydrogens is 126 g/mol. The van der Waals surface area contributed by atoms with E-state index in [0.717, 1.165) is 12.8 Å². The fraction of sp³-hybridized carbons (Fsp3) is 0.875. The lowest BCUT2D eigenvalue weighted by molar-refractivity contribution is -0.135. The molecule has 2 nitrogen and oxygen atoms in total. The highest BCUT2D eigenvalue weighted by Gasteiger charge is 2.36. The van der Waals surface area contributed by atoms with Gasteiger partial charge in [-0.1, -0.05) is 20.3 Å². The fourth-order valence-electron chi connectivity index (χ4n) is 1.53. The number of carbonyl (C=O) groups is 1. The first-order chi connectivity index (χ1) is 4.79. The molecule has 0 bridgehead atoms. The normalized spacial score (nSPS) is 31.2. The topological polar surface area (TPSA) is 29.1 Å². The molecule has 10 heavy (non-hydrogen) atoms. The smallest absolute Gasteiger partial charge is 0.225 e. The van der Waals surface area contributed by atoms with E-state index >= 15 is 0 Å². The highest BCUT2D eigenvalue weighted by molar-refractivity contribution is 5.85. The molecule has 1 rings (SSSR count). The maximum atomic E-state index is 10.8. The number of nitrogens with one attached hydrogen (secondary N) is 1. The van der Waals surface area contributed by atoms with Crippen molar-refractivity contribution in [3.63, 3.8) is 0 Å². The molecule has 0 radical (unpaired) electrons. The van der Waals surface area contributed by atoms with Gasteiger partial charge in [0.2, 0.25) is 5.91 Å². The highest BCUT2D eigenvalue weighted by atomic mass is 16.2. The SMILES string of the molecule is CCCC1NC(=O)C1CC. The van der Waals surface area contributed by atoms with Crippen LogP contribution in [0.5, 0.6) is 0 Å². The van der Waals surface area contributed by atoms with Crippen LogP contribution in [-0.2, 0) is 4.79 Å². The molecule has 2 atom stereocenters. The molecule has 0 aromatic carbocycles. The van der Waals surface area contributed by atoms with Crippen molar-refractivity contribution >= 4 is 5.91 Å². The number of β-lactam (4-membered cyclic amide) rings is 1. The zero-order chi connectivity index (χ0) is 7.56. The van der Waals surface area contributed by atoms with E-state index in [1.54, 1.807) is 0 Å². The molecule has 1 heterocycles. The van der Waals surface area contributed by atoms with Crippen molar-refractivity contribution in [1.29, 1.82) is 0 Å². The number of carbonyl (C=O) groups excluding carboxylic acids is 1. The molecule has 1 fully saturated rings. The Kier molecular flexibility index (Phi) is 2.30. The third-order valence-corrected chi connectivity index (χ3v) is 2.19. The summed E-state index contributed by atoms with van der Waals surface area (Å²) in [6, 6.07) is 0.488. The van der Waals surface area contributed by atoms with Gasteiger partial charge in [0.05, 0.1) is 5.92 Å². The average Bonchev–Trinajstić information content (AvgIpc) is 1.88. The Morgan fingerprint density at radius 3 is 2.60 bits per heavy atom. The Labute approximate surface area is 62.0 Å². The molecule has 0 aromatic heterocycles. The second-order valence-corrected chi connectivity index (χ2v) is 2.92. The first kappa shape index (κ1) is 7.58. The lowest BCUT2D eigenvalue weighted by Gasteiger charge is -2.36. The Hall–Kier alpha value is -0.530. The second kappa shape index (κ2) is 3.04. The molecule has 1 N–H and O–H groups in total. The first-order valence-corrected chi connectivity index (χ1v) is 4.10. The van der Waals surface area contributed by atoms with Crippen LogP contribution in [0.15, 0.2) is 0 Å². The molecule has 0 saturated carbocycles. The molecule has 2 heteroatoms. The molecule has 1 aliphatic rings. The monoisotopic (exact) mass is 141 g/mol. The predicted molar refractivity (Wildman–Crippen MR) is 40.6 cm³/mol. The summed E-state index contributed by atoms with van der Waals surface area (Å²) in [6.45, 7) is 4.23. The molecule has 0 aliphatic carbocycles. The minimum Gasteiger partial charge on any atom is -0.352 e. The summed E-state index contributed by atoms with van der Waals surface area (Å²) in [7, 11) is 0. The lowest BCUT2D eigenvalue weighted by Crippen LogP contribution is -2.57. The fourth-order valence-corrected chi connectivity index (χ4v) is 1.53. The first-order valence-electron chi connectivity index (χ1n) is 4.10. The summed E-state index contributed by atoms with van der Waals surface area (Å²) in [6.07, 6.45) is 3.31. The molecule has 1 amide bonds. The van der Waals surface area contributed by atoms with Gasteiger partial charge in [-0.05, 0) is 12.8 Å². The van der Waals surface area contributed by atoms with Gasteiger partial charge in [0.25, 0.3) is 0 Å². The number of amides is 1. The molecular formula is C8H15NO. The van der Waals surface area contributed by atoms with Crippen LogP contribution in [0.2, 0.25) is 0 Å². The van der Waals surface area contributed by atoms with Crippen molar-refractivity contribution in [2.75, 3.05) is 0 Å². The molecule has 58 valence electrons. The van der Waals surface area contributed by atoms with E-state index in [1.165, 1.54) is 6.42 Å². The lowest BCUT2D eigenvalue weighted by atomic mass is 9.85. The maximum Gasteiger partial charge on any atom is 0.225 e. The van der Waals surface area contributed by atoms with Crippen molar-refractivity contribution in [2.45, 2.75) is 39.2 Å². The van der Waals surface area contributed by atoms with E-state index in [1.807, 2.05) is 0 Å². The second-order valence-electron chi connectivity index (χ2n) is 2.92. The largest absolute Gasteiger partial charge is 0.352 e. The summed E-state index contributed by atoms with van der Waals surface area (Å²) >= 11 is 0. The standard InChI is InChI=1S/C8H15NO/c1-3-5-7-6(4-2)8(10)9-7/h6-7H,3-5H2,1-2H3,(H,9,10). The van der Waals surface area contributed by atoms with Crippen molar-refractivity contribution in [3.8, 4) is 0 Å². The quantitative estimate of drug-likeness (QED) is 0.590. The van der Waals surface area contributed by atoms with Crippen molar-refractivity contribution in [1.82, 2.24) is 5.32 Å².